The summed E-state index contributed by atoms with van der Waals surface area (Å²) in [6.07, 6.45) is 1.89. The summed E-state index contributed by atoms with van der Waals surface area (Å²) in [7, 11) is 0. The van der Waals surface area contributed by atoms with Crippen molar-refractivity contribution in [2.24, 2.45) is 0 Å². The highest BCUT2D eigenvalue weighted by atomic mass is 79.9. The molecule has 0 saturated heterocycles. The van der Waals surface area contributed by atoms with Gasteiger partial charge in [0.25, 0.3) is 0 Å². The molecule has 2 aromatic carbocycles. The average molecular weight is 446 g/mol. The van der Waals surface area contributed by atoms with E-state index in [0.717, 1.165) is 32.7 Å². The first-order chi connectivity index (χ1) is 12.4. The van der Waals surface area contributed by atoms with Gasteiger partial charge in [0.15, 0.2) is 0 Å². The highest BCUT2D eigenvalue weighted by Crippen LogP contribution is 2.29. The normalized spacial score (nSPS) is 11.5. The van der Waals surface area contributed by atoms with E-state index >= 15 is 0 Å². The molecule has 1 aromatic heterocycles. The standard InChI is InChI=1S/C21H15BrCl2N2/c1-13-9-16(14(2)26(13)19-6-4-18(22)5-7-19)10-17(12-25)15-3-8-20(23)21(24)11-15/h3-11H,1-2H3/b17-10-. The molecular weight excluding hydrogens is 431 g/mol. The Labute approximate surface area is 171 Å². The van der Waals surface area contributed by atoms with Crippen LogP contribution in [0.2, 0.25) is 10.0 Å². The monoisotopic (exact) mass is 444 g/mol. The predicted octanol–water partition coefficient (Wildman–Crippen LogP) is 7.23. The van der Waals surface area contributed by atoms with Gasteiger partial charge >= 0.3 is 0 Å². The van der Waals surface area contributed by atoms with E-state index in [2.05, 4.69) is 51.7 Å². The molecule has 2 nitrogen and oxygen atoms in total. The Morgan fingerprint density at radius 2 is 1.73 bits per heavy atom. The van der Waals surface area contributed by atoms with E-state index < -0.39 is 0 Å². The molecule has 3 rings (SSSR count). The number of allylic oxidation sites excluding steroid dienone is 1. The van der Waals surface area contributed by atoms with E-state index in [-0.39, 0.29) is 0 Å². The molecule has 26 heavy (non-hydrogen) atoms. The molecule has 0 saturated carbocycles. The lowest BCUT2D eigenvalue weighted by Crippen LogP contribution is -1.98. The van der Waals surface area contributed by atoms with Crippen LogP contribution in [0.3, 0.4) is 0 Å². The topological polar surface area (TPSA) is 28.7 Å². The molecule has 5 heteroatoms. The largest absolute Gasteiger partial charge is 0.318 e. The van der Waals surface area contributed by atoms with Gasteiger partial charge in [-0.15, -0.1) is 0 Å². The second-order valence-corrected chi connectivity index (χ2v) is 7.67. The Morgan fingerprint density at radius 1 is 1.04 bits per heavy atom. The number of aryl methyl sites for hydroxylation is 1. The van der Waals surface area contributed by atoms with Gasteiger partial charge in [0.1, 0.15) is 0 Å². The van der Waals surface area contributed by atoms with Crippen LogP contribution >= 0.6 is 39.1 Å². The molecule has 0 radical (unpaired) electrons. The van der Waals surface area contributed by atoms with Crippen molar-refractivity contribution >= 4 is 50.8 Å². The van der Waals surface area contributed by atoms with Gasteiger partial charge in [-0.25, -0.2) is 0 Å². The minimum absolute atomic E-state index is 0.436. The van der Waals surface area contributed by atoms with Crippen LogP contribution in [0.1, 0.15) is 22.5 Å². The summed E-state index contributed by atoms with van der Waals surface area (Å²) in [6.45, 7) is 4.10. The molecule has 0 bridgehead atoms. The van der Waals surface area contributed by atoms with Crippen molar-refractivity contribution in [3.8, 4) is 11.8 Å². The first kappa shape index (κ1) is 18.8. The minimum atomic E-state index is 0.436. The van der Waals surface area contributed by atoms with E-state index in [1.165, 1.54) is 0 Å². The van der Waals surface area contributed by atoms with Gasteiger partial charge in [0.05, 0.1) is 21.7 Å². The summed E-state index contributed by atoms with van der Waals surface area (Å²) in [5, 5.41) is 10.5. The van der Waals surface area contributed by atoms with E-state index in [1.807, 2.05) is 25.1 Å². The quantitative estimate of drug-likeness (QED) is 0.391. The number of benzene rings is 2. The molecule has 0 aliphatic rings. The van der Waals surface area contributed by atoms with Crippen LogP contribution in [0.25, 0.3) is 17.3 Å². The number of nitriles is 1. The van der Waals surface area contributed by atoms with Crippen molar-refractivity contribution in [1.82, 2.24) is 4.57 Å². The summed E-state index contributed by atoms with van der Waals surface area (Å²) < 4.78 is 3.21. The first-order valence-electron chi connectivity index (χ1n) is 7.93. The van der Waals surface area contributed by atoms with Crippen molar-refractivity contribution in [3.05, 3.63) is 85.6 Å². The van der Waals surface area contributed by atoms with E-state index in [0.29, 0.717) is 15.6 Å². The molecule has 0 aliphatic heterocycles. The van der Waals surface area contributed by atoms with E-state index in [4.69, 9.17) is 23.2 Å². The number of hydrogen-bond acceptors (Lipinski definition) is 1. The zero-order valence-corrected chi connectivity index (χ0v) is 17.3. The number of nitrogens with zero attached hydrogens (tertiary/aromatic N) is 2. The molecule has 0 atom stereocenters. The number of hydrogen-bond donors (Lipinski definition) is 0. The van der Waals surface area contributed by atoms with Crippen molar-refractivity contribution in [1.29, 1.82) is 5.26 Å². The van der Waals surface area contributed by atoms with Crippen LogP contribution in [0, 0.1) is 25.2 Å². The Hall–Kier alpha value is -1.99. The summed E-state index contributed by atoms with van der Waals surface area (Å²) in [6, 6.07) is 17.7. The van der Waals surface area contributed by atoms with Crippen molar-refractivity contribution in [2.75, 3.05) is 0 Å². The maximum atomic E-state index is 9.61. The highest BCUT2D eigenvalue weighted by Gasteiger charge is 2.11. The molecular formula is C21H15BrCl2N2. The molecule has 130 valence electrons. The van der Waals surface area contributed by atoms with Gasteiger partial charge in [0.2, 0.25) is 0 Å². The smallest absolute Gasteiger partial charge is 0.0998 e. The van der Waals surface area contributed by atoms with Crippen LogP contribution in [-0.2, 0) is 0 Å². The average Bonchev–Trinajstić information content (AvgIpc) is 2.90. The Kier molecular flexibility index (Phi) is 5.58. The zero-order valence-electron chi connectivity index (χ0n) is 14.2. The van der Waals surface area contributed by atoms with Gasteiger partial charge in [-0.1, -0.05) is 45.2 Å². The third-order valence-electron chi connectivity index (χ3n) is 4.21. The van der Waals surface area contributed by atoms with Gasteiger partial charge in [-0.05, 0) is 73.5 Å². The second-order valence-electron chi connectivity index (χ2n) is 5.94. The number of aromatic nitrogens is 1. The minimum Gasteiger partial charge on any atom is -0.318 e. The Morgan fingerprint density at radius 3 is 2.35 bits per heavy atom. The summed E-state index contributed by atoms with van der Waals surface area (Å²) in [5.41, 5.74) is 5.53. The summed E-state index contributed by atoms with van der Waals surface area (Å²) >= 11 is 15.5. The molecule has 0 unspecified atom stereocenters. The van der Waals surface area contributed by atoms with Crippen molar-refractivity contribution in [2.45, 2.75) is 13.8 Å². The summed E-state index contributed by atoms with van der Waals surface area (Å²) in [4.78, 5) is 0. The van der Waals surface area contributed by atoms with Crippen molar-refractivity contribution in [3.63, 3.8) is 0 Å². The van der Waals surface area contributed by atoms with Gasteiger partial charge in [-0.3, -0.25) is 0 Å². The highest BCUT2D eigenvalue weighted by molar-refractivity contribution is 9.10. The third-order valence-corrected chi connectivity index (χ3v) is 5.47. The zero-order chi connectivity index (χ0) is 18.8. The number of rotatable bonds is 3. The fourth-order valence-electron chi connectivity index (χ4n) is 2.92. The fraction of sp³-hybridized carbons (Fsp3) is 0.0952. The van der Waals surface area contributed by atoms with Crippen molar-refractivity contribution < 1.29 is 0 Å². The number of halogens is 3. The maximum absolute atomic E-state index is 9.61. The molecule has 0 spiro atoms. The lowest BCUT2D eigenvalue weighted by Gasteiger charge is -2.10. The van der Waals surface area contributed by atoms with Gasteiger partial charge in [-0.2, -0.15) is 5.26 Å². The van der Waals surface area contributed by atoms with E-state index in [1.54, 1.807) is 18.2 Å². The third kappa shape index (κ3) is 3.73. The SMILES string of the molecule is Cc1cc(/C=C(/C#N)c2ccc(Cl)c(Cl)c2)c(C)n1-c1ccc(Br)cc1. The fourth-order valence-corrected chi connectivity index (χ4v) is 3.48. The van der Waals surface area contributed by atoms with Crippen LogP contribution < -0.4 is 0 Å². The Bertz CT molecular complexity index is 1040. The maximum Gasteiger partial charge on any atom is 0.0998 e. The van der Waals surface area contributed by atoms with Crippen LogP contribution in [0.4, 0.5) is 0 Å². The lowest BCUT2D eigenvalue weighted by molar-refractivity contribution is 0.964. The molecule has 3 aromatic rings. The summed E-state index contributed by atoms with van der Waals surface area (Å²) in [5.74, 6) is 0. The van der Waals surface area contributed by atoms with E-state index in [9.17, 15) is 5.26 Å². The molecule has 0 amide bonds. The first-order valence-corrected chi connectivity index (χ1v) is 9.47. The second kappa shape index (κ2) is 7.72. The van der Waals surface area contributed by atoms with Gasteiger partial charge < -0.3 is 4.57 Å². The van der Waals surface area contributed by atoms with Gasteiger partial charge in [0, 0.05) is 21.5 Å². The molecule has 0 N–H and O–H groups in total. The van der Waals surface area contributed by atoms with Crippen LogP contribution in [-0.4, -0.2) is 4.57 Å². The van der Waals surface area contributed by atoms with Crippen LogP contribution in [0.5, 0.6) is 0 Å². The molecule has 0 aliphatic carbocycles. The molecule has 1 heterocycles. The Balaban J connectivity index is 2.08. The predicted molar refractivity (Wildman–Crippen MR) is 113 cm³/mol. The lowest BCUT2D eigenvalue weighted by atomic mass is 10.0. The van der Waals surface area contributed by atoms with Crippen LogP contribution in [0.15, 0.2) is 53.0 Å². The molecule has 0 fully saturated rings.